The molecule has 0 bridgehead atoms. The Balaban J connectivity index is 1.89. The molecule has 1 N–H and O–H groups in total. The van der Waals surface area contributed by atoms with Crippen LogP contribution in [0.3, 0.4) is 0 Å². The number of sulfonamides is 1. The molecule has 7 nitrogen and oxygen atoms in total. The van der Waals surface area contributed by atoms with Crippen molar-refractivity contribution < 1.29 is 13.2 Å². The topological polar surface area (TPSA) is 92.3 Å². The highest BCUT2D eigenvalue weighted by Gasteiger charge is 2.33. The van der Waals surface area contributed by atoms with Gasteiger partial charge >= 0.3 is 0 Å². The van der Waals surface area contributed by atoms with E-state index in [0.717, 1.165) is 21.7 Å². The highest BCUT2D eigenvalue weighted by Crippen LogP contribution is 2.33. The molecule has 0 fully saturated rings. The summed E-state index contributed by atoms with van der Waals surface area (Å²) in [6.45, 7) is 3.69. The maximum absolute atomic E-state index is 13.0. The minimum atomic E-state index is -3.85. The second kappa shape index (κ2) is 9.52. The molecule has 0 saturated heterocycles. The van der Waals surface area contributed by atoms with Gasteiger partial charge in [0.25, 0.3) is 0 Å². The van der Waals surface area contributed by atoms with E-state index in [2.05, 4.69) is 15.5 Å². The minimum absolute atomic E-state index is 0.135. The van der Waals surface area contributed by atoms with Gasteiger partial charge in [0.2, 0.25) is 21.1 Å². The van der Waals surface area contributed by atoms with Gasteiger partial charge in [-0.05, 0) is 31.5 Å². The van der Waals surface area contributed by atoms with Gasteiger partial charge < -0.3 is 0 Å². The predicted octanol–water partition coefficient (Wildman–Crippen LogP) is 5.00. The van der Waals surface area contributed by atoms with E-state index >= 15 is 0 Å². The summed E-state index contributed by atoms with van der Waals surface area (Å²) in [7, 11) is -3.85. The van der Waals surface area contributed by atoms with Gasteiger partial charge in [0.15, 0.2) is 0 Å². The van der Waals surface area contributed by atoms with E-state index in [9.17, 15) is 13.2 Å². The van der Waals surface area contributed by atoms with Gasteiger partial charge in [-0.3, -0.25) is 14.4 Å². The normalized spacial score (nSPS) is 12.4. The maximum atomic E-state index is 13.0. The lowest BCUT2D eigenvalue weighted by Crippen LogP contribution is -2.47. The molecule has 3 rings (SSSR count). The third-order valence-corrected chi connectivity index (χ3v) is 7.04. The fraction of sp³-hybridized carbons (Fsp3) is 0.250. The molecular formula is C20H20Cl2N4O3S2. The Kier molecular flexibility index (Phi) is 7.20. The molecule has 0 saturated carbocycles. The molecular weight excluding hydrogens is 479 g/mol. The SMILES string of the molecule is CC[C@@H](C(=O)Nc1nnc(-c2ccc(C)cc2)s1)N(c1cc(Cl)ccc1Cl)S(C)(=O)=O. The zero-order chi connectivity index (χ0) is 22.8. The Bertz CT molecular complexity index is 1200. The van der Waals surface area contributed by atoms with Crippen LogP contribution >= 0.6 is 34.5 Å². The van der Waals surface area contributed by atoms with E-state index in [1.54, 1.807) is 13.0 Å². The second-order valence-electron chi connectivity index (χ2n) is 6.85. The van der Waals surface area contributed by atoms with E-state index in [1.165, 1.54) is 23.5 Å². The molecule has 0 aliphatic carbocycles. The maximum Gasteiger partial charge on any atom is 0.250 e. The van der Waals surface area contributed by atoms with Gasteiger partial charge in [-0.1, -0.05) is 71.3 Å². The Morgan fingerprint density at radius 2 is 1.84 bits per heavy atom. The first-order valence-corrected chi connectivity index (χ1v) is 12.7. The summed E-state index contributed by atoms with van der Waals surface area (Å²) < 4.78 is 26.2. The molecule has 1 aromatic heterocycles. The lowest BCUT2D eigenvalue weighted by molar-refractivity contribution is -0.117. The van der Waals surface area contributed by atoms with Crippen molar-refractivity contribution in [2.45, 2.75) is 26.3 Å². The van der Waals surface area contributed by atoms with Crippen LogP contribution in [0.2, 0.25) is 10.0 Å². The fourth-order valence-corrected chi connectivity index (χ4v) is 5.36. The summed E-state index contributed by atoms with van der Waals surface area (Å²) in [5.41, 5.74) is 2.13. The Hall–Kier alpha value is -2.20. The van der Waals surface area contributed by atoms with Crippen molar-refractivity contribution in [1.82, 2.24) is 10.2 Å². The molecule has 11 heteroatoms. The largest absolute Gasteiger partial charge is 0.299 e. The zero-order valence-electron chi connectivity index (χ0n) is 17.0. The van der Waals surface area contributed by atoms with Crippen LogP contribution in [0.25, 0.3) is 10.6 Å². The van der Waals surface area contributed by atoms with Crippen LogP contribution in [0.1, 0.15) is 18.9 Å². The number of carbonyl (C=O) groups is 1. The van der Waals surface area contributed by atoms with Gasteiger partial charge in [-0.25, -0.2) is 8.42 Å². The summed E-state index contributed by atoms with van der Waals surface area (Å²) in [6, 6.07) is 11.1. The fourth-order valence-electron chi connectivity index (χ4n) is 2.97. The third kappa shape index (κ3) is 5.54. The summed E-state index contributed by atoms with van der Waals surface area (Å²) in [5.74, 6) is -0.546. The number of anilines is 2. The van der Waals surface area contributed by atoms with E-state index in [-0.39, 0.29) is 22.3 Å². The lowest BCUT2D eigenvalue weighted by Gasteiger charge is -2.30. The van der Waals surface area contributed by atoms with E-state index in [4.69, 9.17) is 23.2 Å². The number of halogens is 2. The highest BCUT2D eigenvalue weighted by molar-refractivity contribution is 7.92. The first kappa shape index (κ1) is 23.5. The average molecular weight is 499 g/mol. The monoisotopic (exact) mass is 498 g/mol. The number of aryl methyl sites for hydroxylation is 1. The molecule has 0 spiro atoms. The number of benzene rings is 2. The van der Waals surface area contributed by atoms with Gasteiger partial charge in [0.1, 0.15) is 11.0 Å². The molecule has 1 amide bonds. The molecule has 0 unspecified atom stereocenters. The van der Waals surface area contributed by atoms with Crippen LogP contribution in [0.15, 0.2) is 42.5 Å². The van der Waals surface area contributed by atoms with Crippen molar-refractivity contribution in [2.24, 2.45) is 0 Å². The van der Waals surface area contributed by atoms with E-state index in [0.29, 0.717) is 10.0 Å². The Labute approximate surface area is 195 Å². The van der Waals surface area contributed by atoms with Gasteiger partial charge in [0, 0.05) is 10.6 Å². The van der Waals surface area contributed by atoms with Crippen molar-refractivity contribution in [1.29, 1.82) is 0 Å². The lowest BCUT2D eigenvalue weighted by atomic mass is 10.2. The Morgan fingerprint density at radius 1 is 1.16 bits per heavy atom. The second-order valence-corrected chi connectivity index (χ2v) is 10.5. The van der Waals surface area contributed by atoms with E-state index in [1.807, 2.05) is 31.2 Å². The Morgan fingerprint density at radius 3 is 2.45 bits per heavy atom. The number of nitrogens with one attached hydrogen (secondary N) is 1. The van der Waals surface area contributed by atoms with Gasteiger partial charge in [-0.2, -0.15) is 0 Å². The van der Waals surface area contributed by atoms with Crippen LogP contribution in [0.4, 0.5) is 10.8 Å². The number of carbonyl (C=O) groups excluding carboxylic acids is 1. The van der Waals surface area contributed by atoms with Crippen LogP contribution in [-0.4, -0.2) is 36.8 Å². The molecule has 164 valence electrons. The molecule has 2 aromatic carbocycles. The smallest absolute Gasteiger partial charge is 0.250 e. The van der Waals surface area contributed by atoms with Crippen LogP contribution in [0, 0.1) is 6.92 Å². The molecule has 3 aromatic rings. The van der Waals surface area contributed by atoms with Crippen molar-refractivity contribution in [3.8, 4) is 10.6 Å². The van der Waals surface area contributed by atoms with E-state index < -0.39 is 22.0 Å². The molecule has 31 heavy (non-hydrogen) atoms. The summed E-state index contributed by atoms with van der Waals surface area (Å²) >= 11 is 13.5. The van der Waals surface area contributed by atoms with Crippen molar-refractivity contribution >= 4 is 61.3 Å². The van der Waals surface area contributed by atoms with Gasteiger partial charge in [0.05, 0.1) is 17.0 Å². The number of amides is 1. The number of aromatic nitrogens is 2. The van der Waals surface area contributed by atoms with Gasteiger partial charge in [-0.15, -0.1) is 10.2 Å². The quantitative estimate of drug-likeness (QED) is 0.494. The summed E-state index contributed by atoms with van der Waals surface area (Å²) in [5, 5.41) is 12.2. The van der Waals surface area contributed by atoms with Crippen molar-refractivity contribution in [3.63, 3.8) is 0 Å². The van der Waals surface area contributed by atoms with Crippen molar-refractivity contribution in [3.05, 3.63) is 58.1 Å². The molecule has 0 aliphatic rings. The number of nitrogens with zero attached hydrogens (tertiary/aromatic N) is 3. The molecule has 1 heterocycles. The molecule has 0 radical (unpaired) electrons. The highest BCUT2D eigenvalue weighted by atomic mass is 35.5. The minimum Gasteiger partial charge on any atom is -0.299 e. The van der Waals surface area contributed by atoms with Crippen LogP contribution in [0.5, 0.6) is 0 Å². The number of rotatable bonds is 7. The molecule has 1 atom stereocenters. The number of hydrogen-bond acceptors (Lipinski definition) is 6. The van der Waals surface area contributed by atoms with Crippen LogP contribution in [-0.2, 0) is 14.8 Å². The average Bonchev–Trinajstić information content (AvgIpc) is 3.16. The standard InChI is InChI=1S/C20H20Cl2N4O3S2/c1-4-16(26(31(3,28)29)17-11-14(21)9-10-15(17)22)18(27)23-20-25-24-19(30-20)13-7-5-12(2)6-8-13/h5-11,16H,4H2,1-3H3,(H,23,25,27)/t16-/m0/s1. The summed E-state index contributed by atoms with van der Waals surface area (Å²) in [6.07, 6.45) is 1.21. The first-order chi connectivity index (χ1) is 14.6. The zero-order valence-corrected chi connectivity index (χ0v) is 20.1. The predicted molar refractivity (Wildman–Crippen MR) is 127 cm³/mol. The first-order valence-electron chi connectivity index (χ1n) is 9.26. The number of hydrogen-bond donors (Lipinski definition) is 1. The molecule has 0 aliphatic heterocycles. The van der Waals surface area contributed by atoms with Crippen molar-refractivity contribution in [2.75, 3.05) is 15.9 Å². The van der Waals surface area contributed by atoms with Crippen LogP contribution < -0.4 is 9.62 Å². The summed E-state index contributed by atoms with van der Waals surface area (Å²) in [4.78, 5) is 13.0. The third-order valence-electron chi connectivity index (χ3n) is 4.43.